The quantitative estimate of drug-likeness (QED) is 0.475. The van der Waals surface area contributed by atoms with Gasteiger partial charge < -0.3 is 10.1 Å². The summed E-state index contributed by atoms with van der Waals surface area (Å²) >= 11 is 1.41. The monoisotopic (exact) mass is 409 g/mol. The average molecular weight is 410 g/mol. The van der Waals surface area contributed by atoms with E-state index in [1.807, 2.05) is 42.8 Å². The Bertz CT molecular complexity index is 999. The Morgan fingerprint density at radius 2 is 1.97 bits per heavy atom. The third-order valence-electron chi connectivity index (χ3n) is 4.38. The normalized spacial score (nSPS) is 11.7. The van der Waals surface area contributed by atoms with E-state index >= 15 is 0 Å². The van der Waals surface area contributed by atoms with Crippen molar-refractivity contribution in [2.24, 2.45) is 0 Å². The third kappa shape index (κ3) is 5.26. The van der Waals surface area contributed by atoms with Crippen molar-refractivity contribution >= 4 is 23.6 Å². The number of hydrogen-bond donors (Lipinski definition) is 1. The summed E-state index contributed by atoms with van der Waals surface area (Å²) in [6.07, 6.45) is 3.63. The van der Waals surface area contributed by atoms with Crippen LogP contribution in [0.25, 0.3) is 5.69 Å². The molecule has 29 heavy (non-hydrogen) atoms. The number of carbonyl (C=O) groups is 2. The van der Waals surface area contributed by atoms with E-state index in [-0.39, 0.29) is 17.1 Å². The van der Waals surface area contributed by atoms with E-state index in [0.717, 1.165) is 22.0 Å². The number of amides is 1. The van der Waals surface area contributed by atoms with Gasteiger partial charge in [-0.05, 0) is 49.2 Å². The number of aromatic nitrogens is 2. The molecule has 3 aromatic rings. The highest BCUT2D eigenvalue weighted by molar-refractivity contribution is 8.00. The number of nitrogens with one attached hydrogen (secondary N) is 1. The van der Waals surface area contributed by atoms with E-state index in [1.165, 1.54) is 18.9 Å². The highest BCUT2D eigenvalue weighted by atomic mass is 32.2. The Kier molecular flexibility index (Phi) is 6.72. The average Bonchev–Trinajstić information content (AvgIpc) is 3.19. The van der Waals surface area contributed by atoms with Crippen LogP contribution < -0.4 is 5.32 Å². The number of ether oxygens (including phenoxy) is 1. The molecule has 150 valence electrons. The van der Waals surface area contributed by atoms with Gasteiger partial charge in [0.1, 0.15) is 0 Å². The third-order valence-corrected chi connectivity index (χ3v) is 5.46. The van der Waals surface area contributed by atoms with Gasteiger partial charge in [-0.15, -0.1) is 0 Å². The van der Waals surface area contributed by atoms with Crippen LogP contribution in [0.1, 0.15) is 28.4 Å². The van der Waals surface area contributed by atoms with Crippen molar-refractivity contribution in [3.8, 4) is 5.69 Å². The highest BCUT2D eigenvalue weighted by Gasteiger charge is 2.17. The molecule has 0 bridgehead atoms. The number of carbonyl (C=O) groups excluding carboxylic acids is 2. The predicted octanol–water partition coefficient (Wildman–Crippen LogP) is 3.76. The molecule has 1 atom stereocenters. The Morgan fingerprint density at radius 1 is 1.21 bits per heavy atom. The molecule has 1 amide bonds. The van der Waals surface area contributed by atoms with Gasteiger partial charge in [0.15, 0.2) is 5.16 Å². The number of aryl methyl sites for hydroxylation is 1. The summed E-state index contributed by atoms with van der Waals surface area (Å²) in [4.78, 5) is 28.4. The predicted molar refractivity (Wildman–Crippen MR) is 113 cm³/mol. The van der Waals surface area contributed by atoms with Crippen LogP contribution in [0.2, 0.25) is 0 Å². The molecule has 1 aromatic heterocycles. The lowest BCUT2D eigenvalue weighted by molar-refractivity contribution is -0.120. The van der Waals surface area contributed by atoms with Crippen LogP contribution in [0.5, 0.6) is 0 Å². The largest absolute Gasteiger partial charge is 0.465 e. The van der Waals surface area contributed by atoms with Crippen molar-refractivity contribution in [1.82, 2.24) is 14.9 Å². The zero-order valence-electron chi connectivity index (χ0n) is 16.6. The standard InChI is InChI=1S/C22H23N3O3S/c1-15-5-4-6-19(13-15)25-12-11-23-22(25)29-16(2)20(26)24-14-17-7-9-18(10-8-17)21(27)28-3/h4-13,16H,14H2,1-3H3,(H,24,26)/t16-/m0/s1. The molecule has 0 unspecified atom stereocenters. The zero-order chi connectivity index (χ0) is 20.8. The first-order chi connectivity index (χ1) is 14.0. The van der Waals surface area contributed by atoms with E-state index in [4.69, 9.17) is 0 Å². The van der Waals surface area contributed by atoms with Gasteiger partial charge >= 0.3 is 5.97 Å². The van der Waals surface area contributed by atoms with E-state index in [0.29, 0.717) is 12.1 Å². The summed E-state index contributed by atoms with van der Waals surface area (Å²) in [7, 11) is 1.35. The molecule has 0 saturated carbocycles. The van der Waals surface area contributed by atoms with Crippen LogP contribution in [0.15, 0.2) is 66.1 Å². The Hall–Kier alpha value is -3.06. The molecule has 0 aliphatic rings. The number of methoxy groups -OCH3 is 1. The highest BCUT2D eigenvalue weighted by Crippen LogP contribution is 2.25. The number of benzene rings is 2. The maximum absolute atomic E-state index is 12.5. The molecule has 0 aliphatic carbocycles. The maximum atomic E-state index is 12.5. The van der Waals surface area contributed by atoms with Crippen LogP contribution in [-0.2, 0) is 16.1 Å². The molecule has 0 radical (unpaired) electrons. The van der Waals surface area contributed by atoms with E-state index < -0.39 is 0 Å². The van der Waals surface area contributed by atoms with Gasteiger partial charge in [0.05, 0.1) is 17.9 Å². The first kappa shape index (κ1) is 20.7. The van der Waals surface area contributed by atoms with Gasteiger partial charge in [-0.2, -0.15) is 0 Å². The summed E-state index contributed by atoms with van der Waals surface area (Å²) in [5, 5.41) is 3.38. The Morgan fingerprint density at radius 3 is 2.66 bits per heavy atom. The molecule has 0 spiro atoms. The van der Waals surface area contributed by atoms with Gasteiger partial charge in [0, 0.05) is 24.6 Å². The fourth-order valence-electron chi connectivity index (χ4n) is 2.77. The van der Waals surface area contributed by atoms with Crippen molar-refractivity contribution in [2.45, 2.75) is 30.8 Å². The molecule has 3 rings (SSSR count). The van der Waals surface area contributed by atoms with E-state index in [1.54, 1.807) is 30.5 Å². The van der Waals surface area contributed by atoms with Crippen LogP contribution in [0, 0.1) is 6.92 Å². The van der Waals surface area contributed by atoms with Gasteiger partial charge in [0.25, 0.3) is 0 Å². The minimum absolute atomic E-state index is 0.0779. The zero-order valence-corrected chi connectivity index (χ0v) is 17.4. The van der Waals surface area contributed by atoms with Crippen LogP contribution in [0.3, 0.4) is 0 Å². The molecule has 6 nitrogen and oxygen atoms in total. The fraction of sp³-hybridized carbons (Fsp3) is 0.227. The summed E-state index contributed by atoms with van der Waals surface area (Å²) in [5.41, 5.74) is 3.57. The lowest BCUT2D eigenvalue weighted by Gasteiger charge is -2.13. The van der Waals surface area contributed by atoms with Crippen molar-refractivity contribution in [3.05, 3.63) is 77.6 Å². The minimum atomic E-state index is -0.380. The molecule has 0 fully saturated rings. The van der Waals surface area contributed by atoms with Crippen LogP contribution in [0.4, 0.5) is 0 Å². The Labute approximate surface area is 174 Å². The van der Waals surface area contributed by atoms with Crippen molar-refractivity contribution in [2.75, 3.05) is 7.11 Å². The van der Waals surface area contributed by atoms with E-state index in [9.17, 15) is 9.59 Å². The first-order valence-electron chi connectivity index (χ1n) is 9.20. The molecule has 1 heterocycles. The van der Waals surface area contributed by atoms with Gasteiger partial charge in [0.2, 0.25) is 5.91 Å². The van der Waals surface area contributed by atoms with Crippen molar-refractivity contribution in [3.63, 3.8) is 0 Å². The molecule has 2 aromatic carbocycles. The number of thioether (sulfide) groups is 1. The van der Waals surface area contributed by atoms with Gasteiger partial charge in [-0.3, -0.25) is 9.36 Å². The smallest absolute Gasteiger partial charge is 0.337 e. The second kappa shape index (κ2) is 9.43. The van der Waals surface area contributed by atoms with E-state index in [2.05, 4.69) is 21.1 Å². The van der Waals surface area contributed by atoms with Crippen LogP contribution in [-0.4, -0.2) is 33.8 Å². The molecule has 1 N–H and O–H groups in total. The topological polar surface area (TPSA) is 73.2 Å². The second-order valence-corrected chi connectivity index (χ2v) is 7.89. The number of hydrogen-bond acceptors (Lipinski definition) is 5. The first-order valence-corrected chi connectivity index (χ1v) is 10.1. The number of imidazole rings is 1. The lowest BCUT2D eigenvalue weighted by Crippen LogP contribution is -2.30. The second-order valence-electron chi connectivity index (χ2n) is 6.59. The molecular formula is C22H23N3O3S. The van der Waals surface area contributed by atoms with Crippen molar-refractivity contribution < 1.29 is 14.3 Å². The summed E-state index contributed by atoms with van der Waals surface area (Å²) < 4.78 is 6.66. The van der Waals surface area contributed by atoms with Gasteiger partial charge in [-0.25, -0.2) is 9.78 Å². The minimum Gasteiger partial charge on any atom is -0.465 e. The summed E-state index contributed by atoms with van der Waals surface area (Å²) in [6.45, 7) is 4.29. The summed E-state index contributed by atoms with van der Waals surface area (Å²) in [6, 6.07) is 15.1. The fourth-order valence-corrected chi connectivity index (χ4v) is 3.68. The van der Waals surface area contributed by atoms with Crippen LogP contribution >= 0.6 is 11.8 Å². The maximum Gasteiger partial charge on any atom is 0.337 e. The molecule has 0 aliphatic heterocycles. The number of nitrogens with zero attached hydrogens (tertiary/aromatic N) is 2. The molecule has 0 saturated heterocycles. The molecular weight excluding hydrogens is 386 g/mol. The Balaban J connectivity index is 1.59. The number of rotatable bonds is 7. The summed E-state index contributed by atoms with van der Waals surface area (Å²) in [5.74, 6) is -0.458. The van der Waals surface area contributed by atoms with Gasteiger partial charge in [-0.1, -0.05) is 36.0 Å². The lowest BCUT2D eigenvalue weighted by atomic mass is 10.1. The SMILES string of the molecule is COC(=O)c1ccc(CNC(=O)[C@H](C)Sc2nccn2-c2cccc(C)c2)cc1. The number of esters is 1. The molecule has 7 heteroatoms. The van der Waals surface area contributed by atoms with Crippen molar-refractivity contribution in [1.29, 1.82) is 0 Å².